The largest absolute Gasteiger partial charge is 0.367 e. The number of hydrazine groups is 3. The van der Waals surface area contributed by atoms with E-state index in [0.29, 0.717) is 0 Å². The average Bonchev–Trinajstić information content (AvgIpc) is 1.88. The van der Waals surface area contributed by atoms with Gasteiger partial charge in [0.25, 0.3) is 6.19 Å². The summed E-state index contributed by atoms with van der Waals surface area (Å²) >= 11 is 0. The SMILES string of the molecule is N#CN(N(N)C(=N)N)[N+](=O)[O-]. The highest BCUT2D eigenvalue weighted by atomic mass is 16.7. The Morgan fingerprint density at radius 3 is 2.36 bits per heavy atom. The van der Waals surface area contributed by atoms with Crippen molar-refractivity contribution < 1.29 is 5.03 Å². The van der Waals surface area contributed by atoms with E-state index in [0.717, 1.165) is 6.19 Å². The summed E-state index contributed by atoms with van der Waals surface area (Å²) < 4.78 is 0. The van der Waals surface area contributed by atoms with Gasteiger partial charge in [0.2, 0.25) is 5.96 Å². The monoisotopic (exact) mass is 159 g/mol. The lowest BCUT2D eigenvalue weighted by Gasteiger charge is -2.14. The van der Waals surface area contributed by atoms with Gasteiger partial charge < -0.3 is 5.73 Å². The van der Waals surface area contributed by atoms with Crippen LogP contribution in [0, 0.1) is 27.0 Å². The van der Waals surface area contributed by atoms with Gasteiger partial charge >= 0.3 is 0 Å². The first-order valence-electron chi connectivity index (χ1n) is 2.23. The molecule has 0 bridgehead atoms. The molecule has 0 saturated carbocycles. The predicted octanol–water partition coefficient (Wildman–Crippen LogP) is -2.05. The minimum absolute atomic E-state index is 0.0972. The summed E-state index contributed by atoms with van der Waals surface area (Å²) in [5.41, 5.74) is 4.74. The lowest BCUT2D eigenvalue weighted by molar-refractivity contribution is -0.672. The number of nitrogens with zero attached hydrogens (tertiary/aromatic N) is 4. The van der Waals surface area contributed by atoms with Crippen LogP contribution in [0.25, 0.3) is 0 Å². The van der Waals surface area contributed by atoms with Crippen molar-refractivity contribution in [2.45, 2.75) is 0 Å². The van der Waals surface area contributed by atoms with Gasteiger partial charge in [0, 0.05) is 0 Å². The van der Waals surface area contributed by atoms with Gasteiger partial charge in [0.15, 0.2) is 5.03 Å². The second-order valence-corrected chi connectivity index (χ2v) is 1.36. The van der Waals surface area contributed by atoms with Gasteiger partial charge in [0.1, 0.15) is 0 Å². The van der Waals surface area contributed by atoms with Crippen LogP contribution in [-0.4, -0.2) is 21.2 Å². The second-order valence-electron chi connectivity index (χ2n) is 1.36. The molecule has 0 rings (SSSR count). The smallest absolute Gasteiger partial charge is 0.274 e. The molecular weight excluding hydrogens is 154 g/mol. The van der Waals surface area contributed by atoms with Crippen molar-refractivity contribution in [2.75, 3.05) is 0 Å². The number of nitrogens with one attached hydrogen (secondary N) is 1. The zero-order valence-corrected chi connectivity index (χ0v) is 5.26. The summed E-state index contributed by atoms with van der Waals surface area (Å²) in [6.07, 6.45) is 1.10. The third-order valence-electron chi connectivity index (χ3n) is 0.695. The first kappa shape index (κ1) is 8.92. The van der Waals surface area contributed by atoms with E-state index >= 15 is 0 Å². The topological polar surface area (TPSA) is 149 Å². The summed E-state index contributed by atoms with van der Waals surface area (Å²) in [5.74, 6) is 4.02. The minimum Gasteiger partial charge on any atom is -0.367 e. The van der Waals surface area contributed by atoms with E-state index in [9.17, 15) is 10.1 Å². The summed E-state index contributed by atoms with van der Waals surface area (Å²) in [4.78, 5) is 9.91. The third-order valence-corrected chi connectivity index (χ3v) is 0.695. The number of nitrogens with two attached hydrogens (primary N) is 2. The highest BCUT2D eigenvalue weighted by molar-refractivity contribution is 5.73. The van der Waals surface area contributed by atoms with E-state index in [1.807, 2.05) is 0 Å². The summed E-state index contributed by atoms with van der Waals surface area (Å²) in [5, 5.41) is 23.4. The molecule has 0 fully saturated rings. The zero-order chi connectivity index (χ0) is 9.02. The molecule has 0 saturated heterocycles. The van der Waals surface area contributed by atoms with Crippen LogP contribution in [-0.2, 0) is 0 Å². The van der Waals surface area contributed by atoms with Crippen molar-refractivity contribution in [1.29, 1.82) is 10.7 Å². The Morgan fingerprint density at radius 2 is 2.27 bits per heavy atom. The van der Waals surface area contributed by atoms with Crippen LogP contribution < -0.4 is 11.6 Å². The maximum atomic E-state index is 9.91. The molecule has 11 heavy (non-hydrogen) atoms. The fourth-order valence-corrected chi connectivity index (χ4v) is 0.265. The first-order chi connectivity index (χ1) is 5.00. The van der Waals surface area contributed by atoms with Crippen LogP contribution in [0.3, 0.4) is 0 Å². The molecular formula is C2H5N7O2. The fraction of sp³-hybridized carbons (Fsp3) is 0. The van der Waals surface area contributed by atoms with Crippen LogP contribution in [0.5, 0.6) is 0 Å². The van der Waals surface area contributed by atoms with Crippen molar-refractivity contribution in [3.63, 3.8) is 0 Å². The summed E-state index contributed by atoms with van der Waals surface area (Å²) in [7, 11) is 0. The van der Waals surface area contributed by atoms with Crippen molar-refractivity contribution in [3.05, 3.63) is 10.1 Å². The molecule has 0 heterocycles. The molecule has 0 aromatic rings. The van der Waals surface area contributed by atoms with Gasteiger partial charge in [-0.05, 0) is 0 Å². The zero-order valence-electron chi connectivity index (χ0n) is 5.26. The third kappa shape index (κ3) is 1.95. The maximum absolute atomic E-state index is 9.91. The molecule has 0 radical (unpaired) electrons. The van der Waals surface area contributed by atoms with Gasteiger partial charge in [-0.2, -0.15) is 5.26 Å². The molecule has 0 aromatic heterocycles. The van der Waals surface area contributed by atoms with Crippen LogP contribution >= 0.6 is 0 Å². The Balaban J connectivity index is 4.42. The van der Waals surface area contributed by atoms with E-state index in [2.05, 4.69) is 0 Å². The Morgan fingerprint density at radius 1 is 1.82 bits per heavy atom. The first-order valence-corrected chi connectivity index (χ1v) is 2.23. The molecule has 0 aromatic carbocycles. The Hall–Kier alpha value is -2.08. The predicted molar refractivity (Wildman–Crippen MR) is 32.4 cm³/mol. The van der Waals surface area contributed by atoms with Crippen LogP contribution in [0.15, 0.2) is 0 Å². The van der Waals surface area contributed by atoms with Crippen molar-refractivity contribution in [2.24, 2.45) is 11.6 Å². The van der Waals surface area contributed by atoms with E-state index in [1.54, 1.807) is 0 Å². The molecule has 9 heteroatoms. The molecule has 5 N–H and O–H groups in total. The molecule has 0 unspecified atom stereocenters. The van der Waals surface area contributed by atoms with Crippen molar-refractivity contribution >= 4 is 5.96 Å². The van der Waals surface area contributed by atoms with E-state index in [-0.39, 0.29) is 10.2 Å². The van der Waals surface area contributed by atoms with E-state index in [1.165, 1.54) is 0 Å². The van der Waals surface area contributed by atoms with Crippen LogP contribution in [0.1, 0.15) is 0 Å². The Labute approximate surface area is 60.9 Å². The van der Waals surface area contributed by atoms with Gasteiger partial charge in [-0.15, -0.1) is 5.12 Å². The Bertz CT molecular complexity index is 217. The average molecular weight is 159 g/mol. The number of rotatable bonds is 2. The molecule has 0 atom stereocenters. The molecule has 0 aliphatic rings. The van der Waals surface area contributed by atoms with Gasteiger partial charge in [-0.3, -0.25) is 5.41 Å². The molecule has 0 aliphatic carbocycles. The van der Waals surface area contributed by atoms with Crippen LogP contribution in [0.4, 0.5) is 0 Å². The number of nitro groups is 1. The molecule has 60 valence electrons. The lowest BCUT2D eigenvalue weighted by atomic mass is 11.0. The number of hydrogen-bond acceptors (Lipinski definition) is 5. The molecule has 0 amide bonds. The molecule has 0 spiro atoms. The normalized spacial score (nSPS) is 8.00. The highest BCUT2D eigenvalue weighted by Crippen LogP contribution is 1.86. The number of guanidine groups is 1. The van der Waals surface area contributed by atoms with E-state index in [4.69, 9.17) is 22.2 Å². The molecule has 9 nitrogen and oxygen atoms in total. The fourth-order valence-electron chi connectivity index (χ4n) is 0.265. The van der Waals surface area contributed by atoms with Crippen molar-refractivity contribution in [3.8, 4) is 6.19 Å². The highest BCUT2D eigenvalue weighted by Gasteiger charge is 2.21. The maximum Gasteiger partial charge on any atom is 0.274 e. The number of nitriles is 1. The van der Waals surface area contributed by atoms with Crippen LogP contribution in [0.2, 0.25) is 0 Å². The van der Waals surface area contributed by atoms with Gasteiger partial charge in [0.05, 0.1) is 5.12 Å². The minimum atomic E-state index is -1.11. The van der Waals surface area contributed by atoms with Gasteiger partial charge in [-0.1, -0.05) is 0 Å². The standard InChI is InChI=1S/C2H5N7O2/c3-1-7(9(10)11)8(6)2(4)5/h6H2,(H3,4,5). The van der Waals surface area contributed by atoms with Gasteiger partial charge in [-0.25, -0.2) is 16.0 Å². The summed E-state index contributed by atoms with van der Waals surface area (Å²) in [6.45, 7) is 0. The number of hydrogen-bond donors (Lipinski definition) is 3. The molecule has 0 aliphatic heterocycles. The van der Waals surface area contributed by atoms with Crippen molar-refractivity contribution in [1.82, 2.24) is 10.2 Å². The Kier molecular flexibility index (Phi) is 2.58. The quantitative estimate of drug-likeness (QED) is 0.0797. The summed E-state index contributed by atoms with van der Waals surface area (Å²) in [6, 6.07) is 0. The lowest BCUT2D eigenvalue weighted by Crippen LogP contribution is -2.53. The van der Waals surface area contributed by atoms with E-state index < -0.39 is 11.0 Å². The second kappa shape index (κ2) is 3.18.